The summed E-state index contributed by atoms with van der Waals surface area (Å²) in [7, 11) is 1.37. The van der Waals surface area contributed by atoms with E-state index in [1.807, 2.05) is 32.9 Å². The van der Waals surface area contributed by atoms with Crippen molar-refractivity contribution in [1.82, 2.24) is 0 Å². The van der Waals surface area contributed by atoms with E-state index in [2.05, 4.69) is 4.74 Å². The lowest BCUT2D eigenvalue weighted by Crippen LogP contribution is -2.21. The first-order valence-electron chi connectivity index (χ1n) is 6.21. The van der Waals surface area contributed by atoms with Gasteiger partial charge in [0.1, 0.15) is 6.10 Å². The quantitative estimate of drug-likeness (QED) is 0.430. The van der Waals surface area contributed by atoms with Crippen LogP contribution in [0.2, 0.25) is 0 Å². The molecule has 102 valence electrons. The van der Waals surface area contributed by atoms with Crippen molar-refractivity contribution < 1.29 is 19.0 Å². The molecule has 1 heterocycles. The van der Waals surface area contributed by atoms with Crippen LogP contribution in [0.4, 0.5) is 0 Å². The fraction of sp³-hybridized carbons (Fsp3) is 0.643. The molecule has 1 aliphatic rings. The Bertz CT molecular complexity index is 331. The largest absolute Gasteiger partial charge is 0.466 e. The summed E-state index contributed by atoms with van der Waals surface area (Å²) in [6.07, 6.45) is 8.78. The van der Waals surface area contributed by atoms with Gasteiger partial charge in [-0.15, -0.1) is 0 Å². The SMILES string of the molecule is C/C=C\[C@H]1OC(C)(C)O[C@H]1CC/C=C/C(=O)OC. The lowest BCUT2D eigenvalue weighted by atomic mass is 10.1. The minimum absolute atomic E-state index is 0.0171. The molecule has 2 atom stereocenters. The first kappa shape index (κ1) is 14.9. The Balaban J connectivity index is 2.45. The van der Waals surface area contributed by atoms with Crippen LogP contribution in [-0.4, -0.2) is 31.1 Å². The van der Waals surface area contributed by atoms with Crippen molar-refractivity contribution in [2.24, 2.45) is 0 Å². The van der Waals surface area contributed by atoms with Crippen molar-refractivity contribution in [2.45, 2.75) is 51.6 Å². The summed E-state index contributed by atoms with van der Waals surface area (Å²) in [5.41, 5.74) is 0. The molecular formula is C14H22O4. The summed E-state index contributed by atoms with van der Waals surface area (Å²) < 4.78 is 16.1. The Kier molecular flexibility index (Phi) is 5.56. The third-order valence-corrected chi connectivity index (χ3v) is 2.68. The molecule has 0 aromatic carbocycles. The van der Waals surface area contributed by atoms with E-state index < -0.39 is 5.79 Å². The van der Waals surface area contributed by atoms with E-state index in [9.17, 15) is 4.79 Å². The number of allylic oxidation sites excluding steroid dienone is 2. The molecule has 1 fully saturated rings. The van der Waals surface area contributed by atoms with Gasteiger partial charge in [0.15, 0.2) is 5.79 Å². The van der Waals surface area contributed by atoms with Crippen LogP contribution in [-0.2, 0) is 19.0 Å². The van der Waals surface area contributed by atoms with Crippen LogP contribution in [0.1, 0.15) is 33.6 Å². The fourth-order valence-corrected chi connectivity index (χ4v) is 1.95. The number of hydrogen-bond acceptors (Lipinski definition) is 4. The van der Waals surface area contributed by atoms with Gasteiger partial charge in [-0.1, -0.05) is 18.2 Å². The van der Waals surface area contributed by atoms with E-state index in [1.165, 1.54) is 13.2 Å². The summed E-state index contributed by atoms with van der Waals surface area (Å²) >= 11 is 0. The molecule has 1 rings (SSSR count). The molecule has 0 unspecified atom stereocenters. The minimum atomic E-state index is -0.541. The molecule has 1 aliphatic heterocycles. The number of rotatable bonds is 5. The number of esters is 1. The van der Waals surface area contributed by atoms with Crippen molar-refractivity contribution >= 4 is 5.97 Å². The van der Waals surface area contributed by atoms with Crippen molar-refractivity contribution in [1.29, 1.82) is 0 Å². The Morgan fingerprint density at radius 1 is 1.39 bits per heavy atom. The third kappa shape index (κ3) is 4.63. The van der Waals surface area contributed by atoms with Crippen molar-refractivity contribution in [3.63, 3.8) is 0 Å². The van der Waals surface area contributed by atoms with Gasteiger partial charge in [0.25, 0.3) is 0 Å². The van der Waals surface area contributed by atoms with Crippen LogP contribution >= 0.6 is 0 Å². The van der Waals surface area contributed by atoms with E-state index in [-0.39, 0.29) is 18.2 Å². The van der Waals surface area contributed by atoms with Gasteiger partial charge in [0.2, 0.25) is 0 Å². The minimum Gasteiger partial charge on any atom is -0.466 e. The maximum atomic E-state index is 10.9. The van der Waals surface area contributed by atoms with E-state index >= 15 is 0 Å². The van der Waals surface area contributed by atoms with Gasteiger partial charge in [0, 0.05) is 6.08 Å². The molecule has 0 saturated carbocycles. The number of ether oxygens (including phenoxy) is 3. The second-order valence-electron chi connectivity index (χ2n) is 4.67. The average molecular weight is 254 g/mol. The monoisotopic (exact) mass is 254 g/mol. The van der Waals surface area contributed by atoms with Gasteiger partial charge in [0.05, 0.1) is 13.2 Å². The lowest BCUT2D eigenvalue weighted by Gasteiger charge is -2.16. The van der Waals surface area contributed by atoms with E-state index in [4.69, 9.17) is 9.47 Å². The van der Waals surface area contributed by atoms with Crippen LogP contribution < -0.4 is 0 Å². The molecule has 0 spiro atoms. The molecular weight excluding hydrogens is 232 g/mol. The molecule has 0 radical (unpaired) electrons. The molecule has 4 heteroatoms. The third-order valence-electron chi connectivity index (χ3n) is 2.68. The van der Waals surface area contributed by atoms with Gasteiger partial charge >= 0.3 is 5.97 Å². The summed E-state index contributed by atoms with van der Waals surface area (Å²) in [4.78, 5) is 10.9. The maximum absolute atomic E-state index is 10.9. The zero-order chi connectivity index (χ0) is 13.6. The highest BCUT2D eigenvalue weighted by atomic mass is 16.7. The number of carbonyl (C=O) groups excluding carboxylic acids is 1. The topological polar surface area (TPSA) is 44.8 Å². The highest BCUT2D eigenvalue weighted by Crippen LogP contribution is 2.31. The first-order chi connectivity index (χ1) is 8.48. The van der Waals surface area contributed by atoms with E-state index in [0.29, 0.717) is 0 Å². The Hall–Kier alpha value is -1.13. The van der Waals surface area contributed by atoms with Gasteiger partial charge < -0.3 is 14.2 Å². The maximum Gasteiger partial charge on any atom is 0.330 e. The molecule has 0 amide bonds. The smallest absolute Gasteiger partial charge is 0.330 e. The van der Waals surface area contributed by atoms with Crippen LogP contribution in [0, 0.1) is 0 Å². The van der Waals surface area contributed by atoms with Crippen molar-refractivity contribution in [2.75, 3.05) is 7.11 Å². The second-order valence-corrected chi connectivity index (χ2v) is 4.67. The predicted molar refractivity (Wildman–Crippen MR) is 69.0 cm³/mol. The molecule has 0 bridgehead atoms. The van der Waals surface area contributed by atoms with Crippen LogP contribution in [0.15, 0.2) is 24.3 Å². The van der Waals surface area contributed by atoms with E-state index in [1.54, 1.807) is 6.08 Å². The highest BCUT2D eigenvalue weighted by molar-refractivity contribution is 5.81. The number of carbonyl (C=O) groups is 1. The Labute approximate surface area is 109 Å². The summed E-state index contributed by atoms with van der Waals surface area (Å²) in [5.74, 6) is -0.870. The first-order valence-corrected chi connectivity index (χ1v) is 6.21. The average Bonchev–Trinajstić information content (AvgIpc) is 2.59. The van der Waals surface area contributed by atoms with Crippen LogP contribution in [0.5, 0.6) is 0 Å². The molecule has 4 nitrogen and oxygen atoms in total. The van der Waals surface area contributed by atoms with Crippen LogP contribution in [0.3, 0.4) is 0 Å². The molecule has 0 aromatic heterocycles. The molecule has 18 heavy (non-hydrogen) atoms. The predicted octanol–water partition coefficient (Wildman–Crippen LogP) is 2.59. The summed E-state index contributed by atoms with van der Waals surface area (Å²) in [6.45, 7) is 5.78. The van der Waals surface area contributed by atoms with Gasteiger partial charge in [-0.2, -0.15) is 0 Å². The second kappa shape index (κ2) is 6.71. The van der Waals surface area contributed by atoms with Crippen molar-refractivity contribution in [3.8, 4) is 0 Å². The zero-order valence-electron chi connectivity index (χ0n) is 11.5. The van der Waals surface area contributed by atoms with Crippen molar-refractivity contribution in [3.05, 3.63) is 24.3 Å². The molecule has 0 aliphatic carbocycles. The number of methoxy groups -OCH3 is 1. The standard InChI is InChI=1S/C14H22O4/c1-5-8-11-12(18-14(2,3)17-11)9-6-7-10-13(15)16-4/h5,7-8,10-12H,6,9H2,1-4H3/b8-5-,10-7+/t11-,12+/m1/s1. The Morgan fingerprint density at radius 2 is 2.11 bits per heavy atom. The fourth-order valence-electron chi connectivity index (χ4n) is 1.95. The lowest BCUT2D eigenvalue weighted by molar-refractivity contribution is -0.143. The Morgan fingerprint density at radius 3 is 2.72 bits per heavy atom. The van der Waals surface area contributed by atoms with Crippen LogP contribution in [0.25, 0.3) is 0 Å². The molecule has 1 saturated heterocycles. The normalized spacial score (nSPS) is 27.1. The molecule has 0 aromatic rings. The summed E-state index contributed by atoms with van der Waals surface area (Å²) in [5, 5.41) is 0. The summed E-state index contributed by atoms with van der Waals surface area (Å²) in [6, 6.07) is 0. The zero-order valence-corrected chi connectivity index (χ0v) is 11.5. The van der Waals surface area contributed by atoms with Gasteiger partial charge in [-0.3, -0.25) is 0 Å². The highest BCUT2D eigenvalue weighted by Gasteiger charge is 2.39. The van der Waals surface area contributed by atoms with E-state index in [0.717, 1.165) is 12.8 Å². The van der Waals surface area contributed by atoms with Gasteiger partial charge in [-0.05, 0) is 33.6 Å². The number of hydrogen-bond donors (Lipinski definition) is 0. The van der Waals surface area contributed by atoms with Gasteiger partial charge in [-0.25, -0.2) is 4.79 Å². The molecule has 0 N–H and O–H groups in total.